The molecule has 0 amide bonds. The van der Waals surface area contributed by atoms with E-state index in [4.69, 9.17) is 0 Å². The van der Waals surface area contributed by atoms with Gasteiger partial charge in [0.1, 0.15) is 0 Å². The number of thiazole rings is 1. The molecule has 0 spiro atoms. The molecule has 0 saturated heterocycles. The summed E-state index contributed by atoms with van der Waals surface area (Å²) in [5.41, 5.74) is 2.33. The Morgan fingerprint density at radius 3 is 2.94 bits per heavy atom. The average Bonchev–Trinajstić information content (AvgIpc) is 2.61. The van der Waals surface area contributed by atoms with Crippen molar-refractivity contribution in [3.8, 4) is 0 Å². The summed E-state index contributed by atoms with van der Waals surface area (Å²) in [5, 5.41) is 3.38. The number of hydrogen-bond donors (Lipinski definition) is 1. The summed E-state index contributed by atoms with van der Waals surface area (Å²) in [6, 6.07) is 6.29. The zero-order valence-corrected chi connectivity index (χ0v) is 11.1. The second kappa shape index (κ2) is 5.47. The van der Waals surface area contributed by atoms with Crippen molar-refractivity contribution in [2.75, 3.05) is 13.1 Å². The zero-order valence-electron chi connectivity index (χ0n) is 10.3. The third kappa shape index (κ3) is 2.76. The van der Waals surface area contributed by atoms with Gasteiger partial charge in [-0.2, -0.15) is 0 Å². The fraction of sp³-hybridized carbons (Fsp3) is 0.462. The largest absolute Gasteiger partial charge is 0.316 e. The smallest absolute Gasteiger partial charge is 0.307 e. The van der Waals surface area contributed by atoms with Gasteiger partial charge in [-0.05, 0) is 43.6 Å². The monoisotopic (exact) mass is 250 g/mol. The third-order valence-electron chi connectivity index (χ3n) is 2.87. The van der Waals surface area contributed by atoms with Gasteiger partial charge in [-0.3, -0.25) is 4.79 Å². The highest BCUT2D eigenvalue weighted by atomic mass is 32.1. The lowest BCUT2D eigenvalue weighted by molar-refractivity contribution is 0.671. The second-order valence-electron chi connectivity index (χ2n) is 4.23. The van der Waals surface area contributed by atoms with Crippen LogP contribution in [0.15, 0.2) is 23.0 Å². The van der Waals surface area contributed by atoms with Gasteiger partial charge < -0.3 is 9.88 Å². The Hall–Kier alpha value is -1.13. The lowest BCUT2D eigenvalue weighted by atomic mass is 10.1. The van der Waals surface area contributed by atoms with Gasteiger partial charge in [0, 0.05) is 7.05 Å². The number of benzene rings is 1. The highest BCUT2D eigenvalue weighted by molar-refractivity contribution is 7.16. The number of fused-ring (bicyclic) bond motifs is 1. The van der Waals surface area contributed by atoms with E-state index in [1.165, 1.54) is 23.3 Å². The normalized spacial score (nSPS) is 11.2. The molecule has 2 rings (SSSR count). The van der Waals surface area contributed by atoms with Crippen molar-refractivity contribution < 1.29 is 0 Å². The minimum absolute atomic E-state index is 0.112. The molecule has 4 heteroatoms. The molecule has 0 aliphatic heterocycles. The van der Waals surface area contributed by atoms with Gasteiger partial charge in [-0.15, -0.1) is 0 Å². The highest BCUT2D eigenvalue weighted by Gasteiger charge is 2.04. The lowest BCUT2D eigenvalue weighted by Gasteiger charge is -2.03. The van der Waals surface area contributed by atoms with Gasteiger partial charge in [0.2, 0.25) is 0 Å². The van der Waals surface area contributed by atoms with Crippen LogP contribution < -0.4 is 10.2 Å². The predicted molar refractivity (Wildman–Crippen MR) is 73.9 cm³/mol. The average molecular weight is 250 g/mol. The van der Waals surface area contributed by atoms with Crippen molar-refractivity contribution in [2.24, 2.45) is 7.05 Å². The standard InChI is InChI=1S/C13H18N2OS/c1-3-7-14-8-6-10-4-5-11-12(9-10)17-13(16)15(11)2/h4-5,9,14H,3,6-8H2,1-2H3. The minimum atomic E-state index is 0.112. The van der Waals surface area contributed by atoms with E-state index < -0.39 is 0 Å². The molecule has 0 atom stereocenters. The van der Waals surface area contributed by atoms with E-state index >= 15 is 0 Å². The fourth-order valence-electron chi connectivity index (χ4n) is 1.87. The van der Waals surface area contributed by atoms with Crippen molar-refractivity contribution in [3.63, 3.8) is 0 Å². The maximum Gasteiger partial charge on any atom is 0.307 e. The summed E-state index contributed by atoms with van der Waals surface area (Å²) in [6.07, 6.45) is 2.19. The van der Waals surface area contributed by atoms with Crippen LogP contribution in [0, 0.1) is 0 Å². The summed E-state index contributed by atoms with van der Waals surface area (Å²) >= 11 is 1.32. The van der Waals surface area contributed by atoms with Crippen LogP contribution in [0.4, 0.5) is 0 Å². The van der Waals surface area contributed by atoms with E-state index in [1.54, 1.807) is 4.57 Å². The number of aromatic nitrogens is 1. The van der Waals surface area contributed by atoms with Gasteiger partial charge in [0.15, 0.2) is 0 Å². The number of hydrogen-bond acceptors (Lipinski definition) is 3. The van der Waals surface area contributed by atoms with Crippen LogP contribution in [0.5, 0.6) is 0 Å². The molecule has 3 nitrogen and oxygen atoms in total. The minimum Gasteiger partial charge on any atom is -0.316 e. The summed E-state index contributed by atoms with van der Waals surface area (Å²) in [6.45, 7) is 4.24. The molecule has 0 fully saturated rings. The lowest BCUT2D eigenvalue weighted by Crippen LogP contribution is -2.17. The Morgan fingerprint density at radius 1 is 1.35 bits per heavy atom. The first-order valence-electron chi connectivity index (χ1n) is 6.01. The highest BCUT2D eigenvalue weighted by Crippen LogP contribution is 2.18. The zero-order chi connectivity index (χ0) is 12.3. The topological polar surface area (TPSA) is 34.0 Å². The maximum atomic E-state index is 11.5. The van der Waals surface area contributed by atoms with Gasteiger partial charge in [-0.25, -0.2) is 0 Å². The van der Waals surface area contributed by atoms with Gasteiger partial charge in [0.25, 0.3) is 0 Å². The summed E-state index contributed by atoms with van der Waals surface area (Å²) in [4.78, 5) is 11.6. The van der Waals surface area contributed by atoms with Gasteiger partial charge >= 0.3 is 4.87 Å². The Balaban J connectivity index is 2.12. The van der Waals surface area contributed by atoms with Crippen LogP contribution in [0.2, 0.25) is 0 Å². The number of aryl methyl sites for hydroxylation is 1. The Bertz CT molecular complexity index is 556. The van der Waals surface area contributed by atoms with Crippen molar-refractivity contribution in [2.45, 2.75) is 19.8 Å². The first-order chi connectivity index (χ1) is 8.22. The predicted octanol–water partition coefficient (Wildman–Crippen LogP) is 2.14. The molecule has 0 radical (unpaired) electrons. The molecule has 0 bridgehead atoms. The van der Waals surface area contributed by atoms with Crippen molar-refractivity contribution in [3.05, 3.63) is 33.4 Å². The Labute approximate surface area is 105 Å². The van der Waals surface area contributed by atoms with Crippen molar-refractivity contribution in [1.29, 1.82) is 0 Å². The van der Waals surface area contributed by atoms with E-state index in [0.29, 0.717) is 0 Å². The quantitative estimate of drug-likeness (QED) is 0.825. The molecule has 0 saturated carbocycles. The molecule has 2 aromatic rings. The van der Waals surface area contributed by atoms with E-state index in [-0.39, 0.29) is 4.87 Å². The molecule has 1 aromatic carbocycles. The van der Waals surface area contributed by atoms with Crippen LogP contribution >= 0.6 is 11.3 Å². The SMILES string of the molecule is CCCNCCc1ccc2c(c1)sc(=O)n2C. The van der Waals surface area contributed by atoms with E-state index in [0.717, 1.165) is 29.7 Å². The molecule has 1 aromatic heterocycles. The number of nitrogens with zero attached hydrogens (tertiary/aromatic N) is 1. The van der Waals surface area contributed by atoms with Gasteiger partial charge in [-0.1, -0.05) is 24.3 Å². The molecular formula is C13H18N2OS. The molecule has 0 aliphatic rings. The van der Waals surface area contributed by atoms with Crippen LogP contribution in [-0.2, 0) is 13.5 Å². The summed E-state index contributed by atoms with van der Waals surface area (Å²) in [7, 11) is 1.82. The van der Waals surface area contributed by atoms with E-state index in [9.17, 15) is 4.79 Å². The molecular weight excluding hydrogens is 232 g/mol. The van der Waals surface area contributed by atoms with Crippen LogP contribution in [0.25, 0.3) is 10.2 Å². The first kappa shape index (κ1) is 12.3. The summed E-state index contributed by atoms with van der Waals surface area (Å²) in [5.74, 6) is 0. The first-order valence-corrected chi connectivity index (χ1v) is 6.83. The molecule has 1 N–H and O–H groups in total. The van der Waals surface area contributed by atoms with E-state index in [2.05, 4.69) is 24.4 Å². The molecule has 1 heterocycles. The van der Waals surface area contributed by atoms with Crippen molar-refractivity contribution in [1.82, 2.24) is 9.88 Å². The summed E-state index contributed by atoms with van der Waals surface area (Å²) < 4.78 is 2.80. The molecule has 0 unspecified atom stereocenters. The fourth-order valence-corrected chi connectivity index (χ4v) is 2.81. The van der Waals surface area contributed by atoms with E-state index in [1.807, 2.05) is 13.1 Å². The van der Waals surface area contributed by atoms with Crippen LogP contribution in [0.3, 0.4) is 0 Å². The number of nitrogens with one attached hydrogen (secondary N) is 1. The number of rotatable bonds is 5. The Morgan fingerprint density at radius 2 is 2.18 bits per heavy atom. The maximum absolute atomic E-state index is 11.5. The molecule has 0 aliphatic carbocycles. The second-order valence-corrected chi connectivity index (χ2v) is 5.22. The third-order valence-corrected chi connectivity index (χ3v) is 3.87. The van der Waals surface area contributed by atoms with Crippen molar-refractivity contribution >= 4 is 21.6 Å². The molecule has 92 valence electrons. The van der Waals surface area contributed by atoms with Gasteiger partial charge in [0.05, 0.1) is 10.2 Å². The molecule has 17 heavy (non-hydrogen) atoms. The van der Waals surface area contributed by atoms with Crippen LogP contribution in [-0.4, -0.2) is 17.7 Å². The van der Waals surface area contributed by atoms with Crippen LogP contribution in [0.1, 0.15) is 18.9 Å². The Kier molecular flexibility index (Phi) is 3.97.